The van der Waals surface area contributed by atoms with Gasteiger partial charge in [0, 0.05) is 20.2 Å². The number of nitrogens with one attached hydrogen (secondary N) is 1. The number of amides is 1. The van der Waals surface area contributed by atoms with Crippen LogP contribution in [-0.4, -0.2) is 47.8 Å². The molecule has 0 atom stereocenters. The minimum atomic E-state index is -0.202. The van der Waals surface area contributed by atoms with Gasteiger partial charge in [0.15, 0.2) is 0 Å². The first kappa shape index (κ1) is 12.3. The second-order valence-corrected chi connectivity index (χ2v) is 3.23. The lowest BCUT2D eigenvalue weighted by atomic mass is 10.3. The molecule has 1 aromatic heterocycles. The fraction of sp³-hybridized carbons (Fsp3) is 0.400. The normalized spacial score (nSPS) is 10.1. The number of carbonyl (C=O) groups is 1. The maximum absolute atomic E-state index is 12.0. The topological polar surface area (TPSA) is 84.2 Å². The third kappa shape index (κ3) is 2.83. The minimum absolute atomic E-state index is 0.202. The number of ether oxygens (including phenoxy) is 1. The largest absolute Gasteiger partial charge is 0.396 e. The van der Waals surface area contributed by atoms with Crippen molar-refractivity contribution in [2.45, 2.75) is 0 Å². The average Bonchev–Trinajstić information content (AvgIpc) is 2.69. The van der Waals surface area contributed by atoms with Crippen molar-refractivity contribution in [3.8, 4) is 0 Å². The maximum Gasteiger partial charge on any atom is 0.274 e. The number of aromatic nitrogens is 2. The summed E-state index contributed by atoms with van der Waals surface area (Å²) in [5, 5.41) is 6.29. The molecule has 0 bridgehead atoms. The van der Waals surface area contributed by atoms with E-state index in [2.05, 4.69) is 16.8 Å². The Kier molecular flexibility index (Phi) is 4.53. The number of aromatic amines is 1. The molecule has 0 aliphatic rings. The van der Waals surface area contributed by atoms with E-state index in [1.165, 1.54) is 6.20 Å². The third-order valence-electron chi connectivity index (χ3n) is 2.08. The molecule has 3 N–H and O–H groups in total. The number of nitrogens with zero attached hydrogens (tertiary/aromatic N) is 2. The van der Waals surface area contributed by atoms with Gasteiger partial charge in [-0.1, -0.05) is 6.08 Å². The lowest BCUT2D eigenvalue weighted by molar-refractivity contribution is 0.0713. The number of carbonyl (C=O) groups excluding carboxylic acids is 1. The molecule has 1 amide bonds. The molecule has 0 aliphatic heterocycles. The van der Waals surface area contributed by atoms with Crippen LogP contribution in [0.3, 0.4) is 0 Å². The monoisotopic (exact) mass is 224 g/mol. The van der Waals surface area contributed by atoms with Crippen LogP contribution in [0.4, 0.5) is 5.69 Å². The van der Waals surface area contributed by atoms with Crippen LogP contribution in [0, 0.1) is 0 Å². The fourth-order valence-electron chi connectivity index (χ4n) is 1.26. The Morgan fingerprint density at radius 1 is 1.81 bits per heavy atom. The number of nitrogens with two attached hydrogens (primary N) is 1. The van der Waals surface area contributed by atoms with Gasteiger partial charge in [0.25, 0.3) is 5.91 Å². The highest BCUT2D eigenvalue weighted by Gasteiger charge is 2.18. The Bertz CT molecular complexity index is 361. The van der Waals surface area contributed by atoms with Gasteiger partial charge in [0.05, 0.1) is 18.5 Å². The summed E-state index contributed by atoms with van der Waals surface area (Å²) in [5.74, 6) is -0.202. The number of rotatable bonds is 6. The van der Waals surface area contributed by atoms with Crippen molar-refractivity contribution in [3.05, 3.63) is 24.5 Å². The van der Waals surface area contributed by atoms with Crippen molar-refractivity contribution in [1.82, 2.24) is 15.1 Å². The van der Waals surface area contributed by atoms with E-state index in [9.17, 15) is 4.79 Å². The first-order valence-corrected chi connectivity index (χ1v) is 4.88. The molecule has 6 heteroatoms. The molecule has 0 aliphatic carbocycles. The molecule has 0 unspecified atom stereocenters. The summed E-state index contributed by atoms with van der Waals surface area (Å²) >= 11 is 0. The van der Waals surface area contributed by atoms with Gasteiger partial charge in [0.2, 0.25) is 0 Å². The first-order chi connectivity index (χ1) is 7.70. The van der Waals surface area contributed by atoms with E-state index >= 15 is 0 Å². The Morgan fingerprint density at radius 3 is 3.06 bits per heavy atom. The average molecular weight is 224 g/mol. The zero-order valence-corrected chi connectivity index (χ0v) is 9.27. The molecular formula is C10H16N4O2. The van der Waals surface area contributed by atoms with Crippen LogP contribution in [0.25, 0.3) is 0 Å². The van der Waals surface area contributed by atoms with Crippen LogP contribution < -0.4 is 5.73 Å². The summed E-state index contributed by atoms with van der Waals surface area (Å²) in [4.78, 5) is 13.6. The molecule has 1 rings (SSSR count). The van der Waals surface area contributed by atoms with E-state index in [4.69, 9.17) is 10.5 Å². The van der Waals surface area contributed by atoms with Crippen molar-refractivity contribution in [2.75, 3.05) is 32.5 Å². The highest BCUT2D eigenvalue weighted by molar-refractivity contribution is 5.97. The summed E-state index contributed by atoms with van der Waals surface area (Å²) in [7, 11) is 1.58. The van der Waals surface area contributed by atoms with Crippen molar-refractivity contribution >= 4 is 11.6 Å². The van der Waals surface area contributed by atoms with Gasteiger partial charge in [-0.3, -0.25) is 9.89 Å². The standard InChI is InChI=1S/C10H16N4O2/c1-3-4-14(5-6-16-2)10(15)9-8(11)7-12-13-9/h3,7H,1,4-6,11H2,2H3,(H,12,13). The van der Waals surface area contributed by atoms with Crippen LogP contribution in [0.2, 0.25) is 0 Å². The van der Waals surface area contributed by atoms with Gasteiger partial charge in [-0.15, -0.1) is 6.58 Å². The van der Waals surface area contributed by atoms with Gasteiger partial charge in [-0.25, -0.2) is 0 Å². The molecule has 0 saturated carbocycles. The quantitative estimate of drug-likeness (QED) is 0.679. The molecule has 0 aromatic carbocycles. The molecule has 88 valence electrons. The number of nitrogen functional groups attached to an aromatic ring is 1. The summed E-state index contributed by atoms with van der Waals surface area (Å²) < 4.78 is 4.93. The maximum atomic E-state index is 12.0. The molecule has 1 heterocycles. The van der Waals surface area contributed by atoms with Crippen LogP contribution in [0.15, 0.2) is 18.9 Å². The molecule has 6 nitrogen and oxygen atoms in total. The predicted octanol–water partition coefficient (Wildman–Crippen LogP) is 0.266. The molecule has 0 fully saturated rings. The fourth-order valence-corrected chi connectivity index (χ4v) is 1.26. The van der Waals surface area contributed by atoms with E-state index in [1.807, 2.05) is 0 Å². The summed E-state index contributed by atoms with van der Waals surface area (Å²) in [6.45, 7) is 5.00. The summed E-state index contributed by atoms with van der Waals surface area (Å²) in [6.07, 6.45) is 3.07. The van der Waals surface area contributed by atoms with Crippen LogP contribution in [0.1, 0.15) is 10.5 Å². The van der Waals surface area contributed by atoms with E-state index in [0.29, 0.717) is 31.1 Å². The highest BCUT2D eigenvalue weighted by Crippen LogP contribution is 2.09. The van der Waals surface area contributed by atoms with Gasteiger partial charge in [-0.05, 0) is 0 Å². The SMILES string of the molecule is C=CCN(CCOC)C(=O)c1[nH]ncc1N. The van der Waals surface area contributed by atoms with Gasteiger partial charge < -0.3 is 15.4 Å². The van der Waals surface area contributed by atoms with Crippen molar-refractivity contribution in [2.24, 2.45) is 0 Å². The minimum Gasteiger partial charge on any atom is -0.396 e. The summed E-state index contributed by atoms with van der Waals surface area (Å²) in [6, 6.07) is 0. The molecule has 0 spiro atoms. The first-order valence-electron chi connectivity index (χ1n) is 4.88. The van der Waals surface area contributed by atoms with Crippen molar-refractivity contribution in [3.63, 3.8) is 0 Å². The molecular weight excluding hydrogens is 208 g/mol. The smallest absolute Gasteiger partial charge is 0.274 e. The van der Waals surface area contributed by atoms with Gasteiger partial charge in [0.1, 0.15) is 5.69 Å². The van der Waals surface area contributed by atoms with E-state index in [-0.39, 0.29) is 5.91 Å². The van der Waals surface area contributed by atoms with E-state index in [1.54, 1.807) is 18.1 Å². The number of anilines is 1. The number of methoxy groups -OCH3 is 1. The van der Waals surface area contributed by atoms with E-state index in [0.717, 1.165) is 0 Å². The Hall–Kier alpha value is -1.82. The third-order valence-corrected chi connectivity index (χ3v) is 2.08. The zero-order valence-electron chi connectivity index (χ0n) is 9.27. The van der Waals surface area contributed by atoms with Crippen LogP contribution in [0.5, 0.6) is 0 Å². The Morgan fingerprint density at radius 2 is 2.56 bits per heavy atom. The Balaban J connectivity index is 2.74. The van der Waals surface area contributed by atoms with Gasteiger partial charge in [-0.2, -0.15) is 5.10 Å². The van der Waals surface area contributed by atoms with E-state index < -0.39 is 0 Å². The second kappa shape index (κ2) is 5.92. The molecule has 0 saturated heterocycles. The van der Waals surface area contributed by atoms with Gasteiger partial charge >= 0.3 is 0 Å². The van der Waals surface area contributed by atoms with Crippen molar-refractivity contribution in [1.29, 1.82) is 0 Å². The second-order valence-electron chi connectivity index (χ2n) is 3.23. The summed E-state index contributed by atoms with van der Waals surface area (Å²) in [5.41, 5.74) is 6.25. The molecule has 1 aromatic rings. The number of hydrogen-bond acceptors (Lipinski definition) is 4. The lowest BCUT2D eigenvalue weighted by Crippen LogP contribution is -2.34. The zero-order chi connectivity index (χ0) is 12.0. The number of H-pyrrole nitrogens is 1. The van der Waals surface area contributed by atoms with Crippen LogP contribution in [-0.2, 0) is 4.74 Å². The van der Waals surface area contributed by atoms with Crippen molar-refractivity contribution < 1.29 is 9.53 Å². The highest BCUT2D eigenvalue weighted by atomic mass is 16.5. The van der Waals surface area contributed by atoms with Crippen LogP contribution >= 0.6 is 0 Å². The number of hydrogen-bond donors (Lipinski definition) is 2. The molecule has 0 radical (unpaired) electrons. The molecule has 16 heavy (non-hydrogen) atoms. The lowest BCUT2D eigenvalue weighted by Gasteiger charge is -2.19. The predicted molar refractivity (Wildman–Crippen MR) is 61.0 cm³/mol. The Labute approximate surface area is 94.1 Å².